The fourth-order valence-corrected chi connectivity index (χ4v) is 4.65. The van der Waals surface area contributed by atoms with E-state index >= 15 is 0 Å². The Balaban J connectivity index is 2.10. The van der Waals surface area contributed by atoms with E-state index in [1.54, 1.807) is 13.8 Å². The van der Waals surface area contributed by atoms with Crippen LogP contribution in [0.15, 0.2) is 48.5 Å². The molecule has 13 heteroatoms. The Labute approximate surface area is 241 Å². The molecule has 0 saturated carbocycles. The number of carbonyl (C=O) groups excluding carboxylic acids is 1. The number of halogens is 10. The van der Waals surface area contributed by atoms with Gasteiger partial charge in [0, 0.05) is 24.2 Å². The molecule has 43 heavy (non-hydrogen) atoms. The fourth-order valence-electron chi connectivity index (χ4n) is 4.65. The number of alkyl halides is 9. The average Bonchev–Trinajstić information content (AvgIpc) is 2.89. The molecule has 0 aromatic heterocycles. The Bertz CT molecular complexity index is 1430. The lowest BCUT2D eigenvalue weighted by atomic mass is 9.91. The van der Waals surface area contributed by atoms with Gasteiger partial charge in [-0.25, -0.2) is 4.39 Å². The third kappa shape index (κ3) is 7.99. The average molecular weight is 624 g/mol. The molecule has 0 bridgehead atoms. The van der Waals surface area contributed by atoms with Crippen LogP contribution < -0.4 is 4.74 Å². The zero-order chi connectivity index (χ0) is 32.5. The highest BCUT2D eigenvalue weighted by Gasteiger charge is 2.37. The second-order valence-corrected chi connectivity index (χ2v) is 10.3. The summed E-state index contributed by atoms with van der Waals surface area (Å²) < 4.78 is 141. The maximum absolute atomic E-state index is 14.7. The second kappa shape index (κ2) is 12.5. The van der Waals surface area contributed by atoms with E-state index in [1.165, 1.54) is 20.1 Å². The summed E-state index contributed by atoms with van der Waals surface area (Å²) in [6, 6.07) is 5.19. The number of hydrogen-bond acceptors (Lipinski definition) is 2. The van der Waals surface area contributed by atoms with Crippen molar-refractivity contribution in [2.45, 2.75) is 64.2 Å². The van der Waals surface area contributed by atoms with Crippen molar-refractivity contribution in [3.05, 3.63) is 87.7 Å². The van der Waals surface area contributed by atoms with Crippen LogP contribution >= 0.6 is 0 Å². The largest absolute Gasteiger partial charge is 0.496 e. The molecule has 234 valence electrons. The van der Waals surface area contributed by atoms with Crippen molar-refractivity contribution in [3.63, 3.8) is 0 Å². The smallest absolute Gasteiger partial charge is 0.416 e. The monoisotopic (exact) mass is 623 g/mol. The van der Waals surface area contributed by atoms with E-state index in [-0.39, 0.29) is 52.0 Å². The highest BCUT2D eigenvalue weighted by molar-refractivity contribution is 5.75. The standard InChI is InChI=1S/C30H27F10NO2/c1-16(2)24-12-25(27(43-4)13-26(24)31)23-6-5-20(28(32,33)34)10-19(23)14-41(15-42)17(3)7-18-8-21(29(35,36)37)11-22(9-18)30(38,39)40/h5-6,8-13,15-17H,7,14H2,1-4H3/t17-/m0/s1. The van der Waals surface area contributed by atoms with Gasteiger partial charge < -0.3 is 9.64 Å². The van der Waals surface area contributed by atoms with Gasteiger partial charge in [-0.3, -0.25) is 4.79 Å². The Morgan fingerprint density at radius 3 is 1.79 bits per heavy atom. The summed E-state index contributed by atoms with van der Waals surface area (Å²) in [5.74, 6) is -0.924. The molecule has 3 aromatic carbocycles. The Kier molecular flexibility index (Phi) is 9.77. The summed E-state index contributed by atoms with van der Waals surface area (Å²) in [6.45, 7) is 4.24. The number of nitrogens with zero attached hydrogens (tertiary/aromatic N) is 1. The number of carbonyl (C=O) groups is 1. The molecule has 0 spiro atoms. The zero-order valence-electron chi connectivity index (χ0n) is 23.3. The molecular weight excluding hydrogens is 596 g/mol. The molecule has 3 nitrogen and oxygen atoms in total. The lowest BCUT2D eigenvalue weighted by Crippen LogP contribution is -2.33. The Hall–Kier alpha value is -3.77. The van der Waals surface area contributed by atoms with Gasteiger partial charge in [0.25, 0.3) is 0 Å². The van der Waals surface area contributed by atoms with E-state index in [1.807, 2.05) is 0 Å². The Morgan fingerprint density at radius 1 is 0.767 bits per heavy atom. The molecule has 1 amide bonds. The number of rotatable bonds is 9. The van der Waals surface area contributed by atoms with E-state index < -0.39 is 60.0 Å². The molecule has 0 aliphatic carbocycles. The van der Waals surface area contributed by atoms with Crippen LogP contribution in [0.25, 0.3) is 11.1 Å². The summed E-state index contributed by atoms with van der Waals surface area (Å²) in [6.07, 6.45) is -15.2. The van der Waals surface area contributed by atoms with Crippen molar-refractivity contribution < 1.29 is 53.4 Å². The third-order valence-corrected chi connectivity index (χ3v) is 6.90. The van der Waals surface area contributed by atoms with Gasteiger partial charge in [0.15, 0.2) is 0 Å². The number of benzene rings is 3. The first-order valence-corrected chi connectivity index (χ1v) is 12.8. The molecule has 0 N–H and O–H groups in total. The normalized spacial score (nSPS) is 13.3. The van der Waals surface area contributed by atoms with Gasteiger partial charge in [0.1, 0.15) is 11.6 Å². The Morgan fingerprint density at radius 2 is 1.33 bits per heavy atom. The van der Waals surface area contributed by atoms with Gasteiger partial charge in [0.05, 0.1) is 23.8 Å². The molecule has 0 saturated heterocycles. The lowest BCUT2D eigenvalue weighted by molar-refractivity contribution is -0.143. The predicted molar refractivity (Wildman–Crippen MR) is 139 cm³/mol. The lowest BCUT2D eigenvalue weighted by Gasteiger charge is -2.28. The van der Waals surface area contributed by atoms with Crippen molar-refractivity contribution >= 4 is 6.41 Å². The molecule has 0 fully saturated rings. The summed E-state index contributed by atoms with van der Waals surface area (Å²) in [5.41, 5.74) is -3.96. The molecule has 0 heterocycles. The van der Waals surface area contributed by atoms with Crippen molar-refractivity contribution in [2.24, 2.45) is 0 Å². The second-order valence-electron chi connectivity index (χ2n) is 10.3. The van der Waals surface area contributed by atoms with Gasteiger partial charge in [0.2, 0.25) is 6.41 Å². The van der Waals surface area contributed by atoms with Crippen LogP contribution in [0.4, 0.5) is 43.9 Å². The number of amides is 1. The fraction of sp³-hybridized carbons (Fsp3) is 0.367. The van der Waals surface area contributed by atoms with E-state index in [9.17, 15) is 48.7 Å². The molecule has 0 aliphatic rings. The predicted octanol–water partition coefficient (Wildman–Crippen LogP) is 9.27. The third-order valence-electron chi connectivity index (χ3n) is 6.90. The molecular formula is C30H27F10NO2. The first kappa shape index (κ1) is 33.7. The maximum atomic E-state index is 14.7. The number of methoxy groups -OCH3 is 1. The topological polar surface area (TPSA) is 29.5 Å². The minimum absolute atomic E-state index is 0.00254. The van der Waals surface area contributed by atoms with Crippen LogP contribution in [0, 0.1) is 5.82 Å². The highest BCUT2D eigenvalue weighted by Crippen LogP contribution is 2.40. The van der Waals surface area contributed by atoms with Crippen LogP contribution in [-0.2, 0) is 36.3 Å². The van der Waals surface area contributed by atoms with Crippen molar-refractivity contribution in [1.29, 1.82) is 0 Å². The van der Waals surface area contributed by atoms with Crippen molar-refractivity contribution in [1.82, 2.24) is 4.90 Å². The van der Waals surface area contributed by atoms with Gasteiger partial charge in [-0.2, -0.15) is 39.5 Å². The van der Waals surface area contributed by atoms with Gasteiger partial charge in [-0.1, -0.05) is 19.9 Å². The minimum atomic E-state index is -5.08. The zero-order valence-corrected chi connectivity index (χ0v) is 23.3. The highest BCUT2D eigenvalue weighted by atomic mass is 19.4. The molecule has 0 unspecified atom stereocenters. The SMILES string of the molecule is COc1cc(F)c(C(C)C)cc1-c1ccc(C(F)(F)F)cc1CN(C=O)[C@@H](C)Cc1cc(C(F)(F)F)cc(C(F)(F)F)c1. The van der Waals surface area contributed by atoms with Gasteiger partial charge in [-0.15, -0.1) is 0 Å². The van der Waals surface area contributed by atoms with Crippen LogP contribution in [0.3, 0.4) is 0 Å². The van der Waals surface area contributed by atoms with Crippen LogP contribution in [0.5, 0.6) is 5.75 Å². The molecule has 3 rings (SSSR count). The summed E-state index contributed by atoms with van der Waals surface area (Å²) in [7, 11) is 1.24. The maximum Gasteiger partial charge on any atom is 0.416 e. The molecule has 1 atom stereocenters. The first-order chi connectivity index (χ1) is 19.8. The minimum Gasteiger partial charge on any atom is -0.496 e. The van der Waals surface area contributed by atoms with E-state index in [4.69, 9.17) is 4.74 Å². The number of hydrogen-bond donors (Lipinski definition) is 0. The van der Waals surface area contributed by atoms with Gasteiger partial charge >= 0.3 is 18.5 Å². The molecule has 0 radical (unpaired) electrons. The molecule has 3 aromatic rings. The van der Waals surface area contributed by atoms with Crippen LogP contribution in [0.1, 0.15) is 60.1 Å². The molecule has 0 aliphatic heterocycles. The summed E-state index contributed by atoms with van der Waals surface area (Å²) in [5, 5.41) is 0. The van der Waals surface area contributed by atoms with Crippen LogP contribution in [-0.4, -0.2) is 24.5 Å². The van der Waals surface area contributed by atoms with E-state index in [2.05, 4.69) is 0 Å². The van der Waals surface area contributed by atoms with E-state index in [0.717, 1.165) is 29.2 Å². The summed E-state index contributed by atoms with van der Waals surface area (Å²) >= 11 is 0. The van der Waals surface area contributed by atoms with Crippen LogP contribution in [0.2, 0.25) is 0 Å². The first-order valence-electron chi connectivity index (χ1n) is 12.8. The van der Waals surface area contributed by atoms with Gasteiger partial charge in [-0.05, 0) is 77.9 Å². The van der Waals surface area contributed by atoms with Crippen molar-refractivity contribution in [3.8, 4) is 16.9 Å². The number of ether oxygens (including phenoxy) is 1. The van der Waals surface area contributed by atoms with Crippen molar-refractivity contribution in [2.75, 3.05) is 7.11 Å². The summed E-state index contributed by atoms with van der Waals surface area (Å²) in [4.78, 5) is 13.1. The van der Waals surface area contributed by atoms with E-state index in [0.29, 0.717) is 12.1 Å². The quantitative estimate of drug-likeness (QED) is 0.176.